The number of hydrogen-bond donors (Lipinski definition) is 0. The zero-order valence-corrected chi connectivity index (χ0v) is 15.0. The van der Waals surface area contributed by atoms with E-state index in [0.29, 0.717) is 5.56 Å². The summed E-state index contributed by atoms with van der Waals surface area (Å²) in [5.41, 5.74) is 1.31. The molecule has 0 saturated heterocycles. The van der Waals surface area contributed by atoms with Gasteiger partial charge in [-0.1, -0.05) is 18.2 Å². The third-order valence-electron chi connectivity index (χ3n) is 4.01. The molecule has 2 rings (SSSR count). The third kappa shape index (κ3) is 3.94. The third-order valence-corrected chi connectivity index (χ3v) is 5.12. The van der Waals surface area contributed by atoms with Crippen molar-refractivity contribution >= 4 is 15.7 Å². The van der Waals surface area contributed by atoms with Crippen LogP contribution in [-0.4, -0.2) is 39.6 Å². The van der Waals surface area contributed by atoms with Crippen LogP contribution in [0.4, 0.5) is 0 Å². The minimum Gasteiger partial charge on any atom is -0.497 e. The minimum absolute atomic E-state index is 0.138. The van der Waals surface area contributed by atoms with E-state index in [9.17, 15) is 13.2 Å². The Morgan fingerprint density at radius 1 is 1.12 bits per heavy atom. The fourth-order valence-electron chi connectivity index (χ4n) is 2.35. The van der Waals surface area contributed by atoms with Gasteiger partial charge in [0.05, 0.1) is 18.0 Å². The zero-order chi connectivity index (χ0) is 17.9. The first kappa shape index (κ1) is 18.0. The van der Waals surface area contributed by atoms with Crippen LogP contribution in [0.5, 0.6) is 5.75 Å². The van der Waals surface area contributed by atoms with Gasteiger partial charge in [-0.2, -0.15) is 0 Å². The number of rotatable bonds is 5. The molecule has 24 heavy (non-hydrogen) atoms. The Kier molecular flexibility index (Phi) is 5.29. The van der Waals surface area contributed by atoms with Crippen LogP contribution in [0.25, 0.3) is 0 Å². The van der Waals surface area contributed by atoms with Crippen molar-refractivity contribution in [2.24, 2.45) is 0 Å². The molecular formula is C18H21NO4S. The van der Waals surface area contributed by atoms with E-state index in [-0.39, 0.29) is 16.8 Å². The molecule has 0 saturated carbocycles. The summed E-state index contributed by atoms with van der Waals surface area (Å²) < 4.78 is 28.4. The molecule has 1 amide bonds. The topological polar surface area (TPSA) is 63.7 Å². The summed E-state index contributed by atoms with van der Waals surface area (Å²) in [6, 6.07) is 13.4. The van der Waals surface area contributed by atoms with Crippen molar-refractivity contribution in [3.05, 3.63) is 59.7 Å². The molecule has 2 aromatic rings. The maximum absolute atomic E-state index is 12.7. The number of carbonyl (C=O) groups excluding carboxylic acids is 1. The Balaban J connectivity index is 2.25. The maximum Gasteiger partial charge on any atom is 0.254 e. The summed E-state index contributed by atoms with van der Waals surface area (Å²) in [5.74, 6) is 0.518. The lowest BCUT2D eigenvalue weighted by Crippen LogP contribution is -2.29. The Hall–Kier alpha value is -2.34. The highest BCUT2D eigenvalue weighted by Gasteiger charge is 2.20. The fraction of sp³-hybridized carbons (Fsp3) is 0.278. The van der Waals surface area contributed by atoms with Crippen molar-refractivity contribution in [2.45, 2.75) is 17.9 Å². The normalized spacial score (nSPS) is 12.5. The molecule has 0 spiro atoms. The average molecular weight is 347 g/mol. The lowest BCUT2D eigenvalue weighted by molar-refractivity contribution is 0.0742. The first-order valence-electron chi connectivity index (χ1n) is 7.45. The van der Waals surface area contributed by atoms with Crippen LogP contribution in [0.15, 0.2) is 53.4 Å². The predicted octanol–water partition coefficient (Wildman–Crippen LogP) is 2.93. The molecule has 0 N–H and O–H groups in total. The molecule has 1 atom stereocenters. The van der Waals surface area contributed by atoms with Gasteiger partial charge in [-0.25, -0.2) is 8.42 Å². The second-order valence-corrected chi connectivity index (χ2v) is 7.68. The summed E-state index contributed by atoms with van der Waals surface area (Å²) in [6.07, 6.45) is 1.13. The molecule has 2 aromatic carbocycles. The Labute approximate surface area is 142 Å². The van der Waals surface area contributed by atoms with Crippen molar-refractivity contribution in [3.8, 4) is 5.75 Å². The SMILES string of the molecule is COc1ccc(C(C)N(C)C(=O)c2cccc(S(C)(=O)=O)c2)cc1. The zero-order valence-electron chi connectivity index (χ0n) is 14.2. The summed E-state index contributed by atoms with van der Waals surface area (Å²) in [6.45, 7) is 1.92. The first-order chi connectivity index (χ1) is 11.2. The average Bonchev–Trinajstić information content (AvgIpc) is 2.59. The molecule has 128 valence electrons. The molecule has 0 aliphatic rings. The number of ether oxygens (including phenoxy) is 1. The maximum atomic E-state index is 12.7. The van der Waals surface area contributed by atoms with Crippen LogP contribution >= 0.6 is 0 Å². The Morgan fingerprint density at radius 3 is 2.29 bits per heavy atom. The van der Waals surface area contributed by atoms with Crippen molar-refractivity contribution in [1.29, 1.82) is 0 Å². The second-order valence-electron chi connectivity index (χ2n) is 5.67. The molecule has 0 heterocycles. The molecule has 1 unspecified atom stereocenters. The molecule has 6 heteroatoms. The van der Waals surface area contributed by atoms with Gasteiger partial charge in [0, 0.05) is 18.9 Å². The largest absolute Gasteiger partial charge is 0.497 e. The van der Waals surface area contributed by atoms with Crippen molar-refractivity contribution < 1.29 is 17.9 Å². The van der Waals surface area contributed by atoms with E-state index < -0.39 is 9.84 Å². The number of carbonyl (C=O) groups is 1. The smallest absolute Gasteiger partial charge is 0.254 e. The summed E-state index contributed by atoms with van der Waals surface area (Å²) >= 11 is 0. The number of methoxy groups -OCH3 is 1. The van der Waals surface area contributed by atoms with E-state index >= 15 is 0 Å². The molecule has 0 fully saturated rings. The fourth-order valence-corrected chi connectivity index (χ4v) is 3.01. The number of amides is 1. The van der Waals surface area contributed by atoms with Gasteiger partial charge in [-0.05, 0) is 42.8 Å². The van der Waals surface area contributed by atoms with Gasteiger partial charge in [0.15, 0.2) is 9.84 Å². The van der Waals surface area contributed by atoms with Gasteiger partial charge in [-0.15, -0.1) is 0 Å². The standard InChI is InChI=1S/C18H21NO4S/c1-13(14-8-10-16(23-3)11-9-14)19(2)18(20)15-6-5-7-17(12-15)24(4,21)22/h5-13H,1-4H3. The number of nitrogens with zero attached hydrogens (tertiary/aromatic N) is 1. The van der Waals surface area contributed by atoms with E-state index in [1.54, 1.807) is 31.2 Å². The van der Waals surface area contributed by atoms with Gasteiger partial charge >= 0.3 is 0 Å². The van der Waals surface area contributed by atoms with Crippen molar-refractivity contribution in [3.63, 3.8) is 0 Å². The molecule has 5 nitrogen and oxygen atoms in total. The highest BCUT2D eigenvalue weighted by Crippen LogP contribution is 2.23. The molecule has 0 aliphatic heterocycles. The van der Waals surface area contributed by atoms with Gasteiger partial charge in [0.2, 0.25) is 0 Å². The van der Waals surface area contributed by atoms with Gasteiger partial charge in [0.1, 0.15) is 5.75 Å². The van der Waals surface area contributed by atoms with Crippen LogP contribution < -0.4 is 4.74 Å². The lowest BCUT2D eigenvalue weighted by atomic mass is 10.1. The minimum atomic E-state index is -3.35. The molecule has 0 aromatic heterocycles. The van der Waals surface area contributed by atoms with E-state index in [0.717, 1.165) is 17.6 Å². The highest BCUT2D eigenvalue weighted by molar-refractivity contribution is 7.90. The quantitative estimate of drug-likeness (QED) is 0.834. The van der Waals surface area contributed by atoms with E-state index in [2.05, 4.69) is 0 Å². The van der Waals surface area contributed by atoms with Gasteiger partial charge in [-0.3, -0.25) is 4.79 Å². The number of benzene rings is 2. The predicted molar refractivity (Wildman–Crippen MR) is 93.1 cm³/mol. The van der Waals surface area contributed by atoms with E-state index in [1.807, 2.05) is 31.2 Å². The Morgan fingerprint density at radius 2 is 1.75 bits per heavy atom. The second kappa shape index (κ2) is 7.05. The van der Waals surface area contributed by atoms with Gasteiger partial charge in [0.25, 0.3) is 5.91 Å². The van der Waals surface area contributed by atoms with Crippen molar-refractivity contribution in [2.75, 3.05) is 20.4 Å². The molecule has 0 radical (unpaired) electrons. The lowest BCUT2D eigenvalue weighted by Gasteiger charge is -2.25. The van der Waals surface area contributed by atoms with Crippen molar-refractivity contribution in [1.82, 2.24) is 4.90 Å². The van der Waals surface area contributed by atoms with E-state index in [4.69, 9.17) is 4.74 Å². The first-order valence-corrected chi connectivity index (χ1v) is 9.34. The van der Waals surface area contributed by atoms with Crippen LogP contribution in [0.3, 0.4) is 0 Å². The number of hydrogen-bond acceptors (Lipinski definition) is 4. The summed E-state index contributed by atoms with van der Waals surface area (Å²) in [5, 5.41) is 0. The summed E-state index contributed by atoms with van der Waals surface area (Å²) in [7, 11) is -0.0505. The van der Waals surface area contributed by atoms with Crippen LogP contribution in [0, 0.1) is 0 Å². The summed E-state index contributed by atoms with van der Waals surface area (Å²) in [4.78, 5) is 14.4. The monoisotopic (exact) mass is 347 g/mol. The van der Waals surface area contributed by atoms with Crippen LogP contribution in [0.2, 0.25) is 0 Å². The highest BCUT2D eigenvalue weighted by atomic mass is 32.2. The van der Waals surface area contributed by atoms with E-state index in [1.165, 1.54) is 12.1 Å². The number of sulfone groups is 1. The molecule has 0 aliphatic carbocycles. The van der Waals surface area contributed by atoms with Crippen LogP contribution in [-0.2, 0) is 9.84 Å². The molecular weight excluding hydrogens is 326 g/mol. The molecule has 0 bridgehead atoms. The van der Waals surface area contributed by atoms with Gasteiger partial charge < -0.3 is 9.64 Å². The van der Waals surface area contributed by atoms with Crippen LogP contribution in [0.1, 0.15) is 28.9 Å². The Bertz CT molecular complexity index is 828.